The number of nitrogens with one attached hydrogen (secondary N) is 1. The predicted octanol–water partition coefficient (Wildman–Crippen LogP) is 2.83. The Balaban J connectivity index is 2.48. The quantitative estimate of drug-likeness (QED) is 0.639. The lowest BCUT2D eigenvalue weighted by atomic mass is 9.98. The number of nitrogen functional groups attached to an aromatic ring is 1. The molecule has 3 heteroatoms. The highest BCUT2D eigenvalue weighted by Gasteiger charge is 2.05. The Labute approximate surface area is 107 Å². The maximum Gasteiger partial charge on any atom is 0.122 e. The van der Waals surface area contributed by atoms with E-state index in [0.717, 1.165) is 22.4 Å². The number of rotatable bonds is 3. The number of hydrogen-bond acceptors (Lipinski definition) is 2. The molecule has 0 heterocycles. The molecule has 0 aromatic heterocycles. The third kappa shape index (κ3) is 2.35. The highest BCUT2D eigenvalue weighted by molar-refractivity contribution is 5.96. The number of amidine groups is 1. The number of benzene rings is 2. The molecule has 0 fully saturated rings. The van der Waals surface area contributed by atoms with Gasteiger partial charge in [-0.1, -0.05) is 24.3 Å². The fraction of sp³-hybridized carbons (Fsp3) is 0.0667. The molecule has 0 aliphatic carbocycles. The molecule has 0 spiro atoms. The SMILES string of the molecule is [CH2]c1ccc(C(=N)N)cc1-c1ccc(OC)cc1. The van der Waals surface area contributed by atoms with E-state index in [1.807, 2.05) is 36.4 Å². The van der Waals surface area contributed by atoms with Gasteiger partial charge in [0.1, 0.15) is 11.6 Å². The summed E-state index contributed by atoms with van der Waals surface area (Å²) in [4.78, 5) is 0. The topological polar surface area (TPSA) is 59.1 Å². The molecule has 18 heavy (non-hydrogen) atoms. The summed E-state index contributed by atoms with van der Waals surface area (Å²) >= 11 is 0. The minimum atomic E-state index is 0.0600. The summed E-state index contributed by atoms with van der Waals surface area (Å²) in [6.07, 6.45) is 0. The lowest BCUT2D eigenvalue weighted by molar-refractivity contribution is 0.415. The van der Waals surface area contributed by atoms with E-state index in [2.05, 4.69) is 6.92 Å². The van der Waals surface area contributed by atoms with Crippen LogP contribution in [-0.2, 0) is 0 Å². The van der Waals surface area contributed by atoms with Gasteiger partial charge in [-0.2, -0.15) is 0 Å². The summed E-state index contributed by atoms with van der Waals surface area (Å²) in [5.74, 6) is 0.872. The van der Waals surface area contributed by atoms with Gasteiger partial charge in [-0.25, -0.2) is 0 Å². The molecule has 0 bridgehead atoms. The zero-order valence-electron chi connectivity index (χ0n) is 10.2. The third-order valence-corrected chi connectivity index (χ3v) is 2.82. The first-order valence-electron chi connectivity index (χ1n) is 5.56. The number of hydrogen-bond donors (Lipinski definition) is 2. The van der Waals surface area contributed by atoms with Crippen molar-refractivity contribution in [3.8, 4) is 16.9 Å². The van der Waals surface area contributed by atoms with Crippen LogP contribution in [0.1, 0.15) is 11.1 Å². The van der Waals surface area contributed by atoms with Crippen LogP contribution in [0.3, 0.4) is 0 Å². The van der Waals surface area contributed by atoms with E-state index in [1.165, 1.54) is 0 Å². The molecule has 2 aromatic carbocycles. The molecule has 2 rings (SSSR count). The van der Waals surface area contributed by atoms with Gasteiger partial charge in [-0.15, -0.1) is 0 Å². The Hall–Kier alpha value is -2.29. The molecule has 2 aromatic rings. The molecule has 1 radical (unpaired) electrons. The zero-order chi connectivity index (χ0) is 13.1. The first-order valence-corrected chi connectivity index (χ1v) is 5.56. The minimum Gasteiger partial charge on any atom is -0.497 e. The van der Waals surface area contributed by atoms with Crippen molar-refractivity contribution in [2.45, 2.75) is 0 Å². The van der Waals surface area contributed by atoms with Crippen LogP contribution in [0.2, 0.25) is 0 Å². The van der Waals surface area contributed by atoms with Gasteiger partial charge in [-0.05, 0) is 41.8 Å². The highest BCUT2D eigenvalue weighted by Crippen LogP contribution is 2.26. The van der Waals surface area contributed by atoms with E-state index >= 15 is 0 Å². The smallest absolute Gasteiger partial charge is 0.122 e. The zero-order valence-corrected chi connectivity index (χ0v) is 10.2. The Morgan fingerprint density at radius 1 is 1.17 bits per heavy atom. The highest BCUT2D eigenvalue weighted by atomic mass is 16.5. The fourth-order valence-corrected chi connectivity index (χ4v) is 1.78. The van der Waals surface area contributed by atoms with Gasteiger partial charge in [0.25, 0.3) is 0 Å². The van der Waals surface area contributed by atoms with Crippen LogP contribution in [0.4, 0.5) is 0 Å². The van der Waals surface area contributed by atoms with Crippen molar-refractivity contribution < 1.29 is 4.74 Å². The van der Waals surface area contributed by atoms with E-state index in [1.54, 1.807) is 13.2 Å². The van der Waals surface area contributed by atoms with Crippen molar-refractivity contribution in [2.75, 3.05) is 7.11 Å². The summed E-state index contributed by atoms with van der Waals surface area (Å²) in [5, 5.41) is 7.47. The summed E-state index contributed by atoms with van der Waals surface area (Å²) in [5.41, 5.74) is 9.12. The van der Waals surface area contributed by atoms with Crippen molar-refractivity contribution in [3.05, 3.63) is 60.5 Å². The van der Waals surface area contributed by atoms with E-state index in [9.17, 15) is 0 Å². The van der Waals surface area contributed by atoms with E-state index in [4.69, 9.17) is 15.9 Å². The Morgan fingerprint density at radius 3 is 2.39 bits per heavy atom. The molecular formula is C15H15N2O. The number of nitrogens with two attached hydrogens (primary N) is 1. The van der Waals surface area contributed by atoms with Crippen LogP contribution in [0.25, 0.3) is 11.1 Å². The Kier molecular flexibility index (Phi) is 3.33. The van der Waals surface area contributed by atoms with Crippen molar-refractivity contribution in [1.82, 2.24) is 0 Å². The molecule has 0 saturated heterocycles. The largest absolute Gasteiger partial charge is 0.497 e. The van der Waals surface area contributed by atoms with E-state index in [-0.39, 0.29) is 5.84 Å². The number of ether oxygens (including phenoxy) is 1. The summed E-state index contributed by atoms with van der Waals surface area (Å²) in [6, 6.07) is 13.3. The minimum absolute atomic E-state index is 0.0600. The maximum absolute atomic E-state index is 7.47. The molecule has 91 valence electrons. The molecule has 3 nitrogen and oxygen atoms in total. The molecule has 0 aliphatic rings. The van der Waals surface area contributed by atoms with E-state index < -0.39 is 0 Å². The fourth-order valence-electron chi connectivity index (χ4n) is 1.78. The monoisotopic (exact) mass is 239 g/mol. The lowest BCUT2D eigenvalue weighted by Gasteiger charge is -2.09. The molecular weight excluding hydrogens is 224 g/mol. The van der Waals surface area contributed by atoms with Gasteiger partial charge in [0, 0.05) is 5.56 Å². The van der Waals surface area contributed by atoms with Crippen molar-refractivity contribution in [2.24, 2.45) is 5.73 Å². The summed E-state index contributed by atoms with van der Waals surface area (Å²) in [7, 11) is 1.64. The van der Waals surface area contributed by atoms with Gasteiger partial charge < -0.3 is 10.5 Å². The second-order valence-electron chi connectivity index (χ2n) is 4.01. The Morgan fingerprint density at radius 2 is 1.83 bits per heavy atom. The lowest BCUT2D eigenvalue weighted by Crippen LogP contribution is -2.11. The van der Waals surface area contributed by atoms with Crippen LogP contribution in [-0.4, -0.2) is 12.9 Å². The first-order chi connectivity index (χ1) is 8.61. The molecule has 0 aliphatic heterocycles. The summed E-state index contributed by atoms with van der Waals surface area (Å²) in [6.45, 7) is 4.00. The third-order valence-electron chi connectivity index (χ3n) is 2.82. The molecule has 0 unspecified atom stereocenters. The molecule has 3 N–H and O–H groups in total. The van der Waals surface area contributed by atoms with Crippen LogP contribution < -0.4 is 10.5 Å². The standard InChI is InChI=1S/C15H15N2O/c1-10-3-4-12(15(16)17)9-14(10)11-5-7-13(18-2)8-6-11/h3-9H,1H2,2H3,(H3,16,17). The average molecular weight is 239 g/mol. The average Bonchev–Trinajstić information content (AvgIpc) is 2.39. The van der Waals surface area contributed by atoms with Gasteiger partial charge in [-0.3, -0.25) is 5.41 Å². The van der Waals surface area contributed by atoms with Gasteiger partial charge >= 0.3 is 0 Å². The van der Waals surface area contributed by atoms with Crippen LogP contribution in [0, 0.1) is 12.3 Å². The summed E-state index contributed by atoms with van der Waals surface area (Å²) < 4.78 is 5.13. The maximum atomic E-state index is 7.47. The van der Waals surface area contributed by atoms with Crippen LogP contribution in [0.5, 0.6) is 5.75 Å². The van der Waals surface area contributed by atoms with Crippen LogP contribution >= 0.6 is 0 Å². The van der Waals surface area contributed by atoms with Gasteiger partial charge in [0.15, 0.2) is 0 Å². The Bertz CT molecular complexity index is 574. The van der Waals surface area contributed by atoms with Crippen LogP contribution in [0.15, 0.2) is 42.5 Å². The molecule has 0 saturated carbocycles. The second-order valence-corrected chi connectivity index (χ2v) is 4.01. The molecule has 0 amide bonds. The normalized spacial score (nSPS) is 10.1. The van der Waals surface area contributed by atoms with Crippen molar-refractivity contribution in [1.29, 1.82) is 5.41 Å². The molecule has 0 atom stereocenters. The van der Waals surface area contributed by atoms with Crippen molar-refractivity contribution >= 4 is 5.84 Å². The second kappa shape index (κ2) is 4.92. The van der Waals surface area contributed by atoms with E-state index in [0.29, 0.717) is 5.56 Å². The first kappa shape index (κ1) is 12.2. The number of methoxy groups -OCH3 is 1. The van der Waals surface area contributed by atoms with Crippen molar-refractivity contribution in [3.63, 3.8) is 0 Å². The van der Waals surface area contributed by atoms with Gasteiger partial charge in [0.05, 0.1) is 7.11 Å². The van der Waals surface area contributed by atoms with Gasteiger partial charge in [0.2, 0.25) is 0 Å². The predicted molar refractivity (Wildman–Crippen MR) is 73.9 cm³/mol.